The fourth-order valence-electron chi connectivity index (χ4n) is 2.71. The summed E-state index contributed by atoms with van der Waals surface area (Å²) in [6, 6.07) is 8.96. The van der Waals surface area contributed by atoms with Crippen LogP contribution in [0.2, 0.25) is 0 Å². The Morgan fingerprint density at radius 2 is 2.14 bits per heavy atom. The lowest BCUT2D eigenvalue weighted by atomic mass is 10.0. The minimum Gasteiger partial charge on any atom is -0.348 e. The number of rotatable bonds is 5. The van der Waals surface area contributed by atoms with Crippen LogP contribution in [0, 0.1) is 0 Å². The predicted molar refractivity (Wildman–Crippen MR) is 86.3 cm³/mol. The Morgan fingerprint density at radius 3 is 2.76 bits per heavy atom. The van der Waals surface area contributed by atoms with Gasteiger partial charge < -0.3 is 10.6 Å². The molecule has 1 aromatic rings. The molecule has 0 bridgehead atoms. The summed E-state index contributed by atoms with van der Waals surface area (Å²) >= 11 is 0. The van der Waals surface area contributed by atoms with Crippen LogP contribution < -0.4 is 10.6 Å². The molecule has 1 aromatic carbocycles. The smallest absolute Gasteiger partial charge is 0.234 e. The van der Waals surface area contributed by atoms with Crippen molar-refractivity contribution in [3.05, 3.63) is 35.4 Å². The number of aryl methyl sites for hydroxylation is 1. The fraction of sp³-hybridized carbons (Fsp3) is 0.588. The Hall–Kier alpha value is -1.39. The summed E-state index contributed by atoms with van der Waals surface area (Å²) in [6.45, 7) is 9.70. The second kappa shape index (κ2) is 7.57. The van der Waals surface area contributed by atoms with Crippen molar-refractivity contribution in [3.8, 4) is 0 Å². The van der Waals surface area contributed by atoms with Crippen molar-refractivity contribution in [1.82, 2.24) is 15.5 Å². The van der Waals surface area contributed by atoms with Gasteiger partial charge in [0.05, 0.1) is 12.6 Å². The maximum absolute atomic E-state index is 12.2. The fourth-order valence-corrected chi connectivity index (χ4v) is 2.71. The SMILES string of the molecule is CCc1ccc(C(C)NC(=O)CN2CCNC[C@H]2C)cc1. The first-order chi connectivity index (χ1) is 10.1. The van der Waals surface area contributed by atoms with E-state index in [2.05, 4.69) is 53.6 Å². The number of nitrogens with zero attached hydrogens (tertiary/aromatic N) is 1. The highest BCUT2D eigenvalue weighted by Crippen LogP contribution is 2.14. The summed E-state index contributed by atoms with van der Waals surface area (Å²) in [7, 11) is 0. The third-order valence-corrected chi connectivity index (χ3v) is 4.25. The molecular formula is C17H27N3O. The van der Waals surface area contributed by atoms with Crippen molar-refractivity contribution in [1.29, 1.82) is 0 Å². The molecule has 1 aliphatic rings. The standard InChI is InChI=1S/C17H27N3O/c1-4-15-5-7-16(8-6-15)14(3)19-17(21)12-20-10-9-18-11-13(20)2/h5-8,13-14,18H,4,9-12H2,1-3H3,(H,19,21)/t13-,14?/m1/s1. The van der Waals surface area contributed by atoms with Crippen LogP contribution in [-0.2, 0) is 11.2 Å². The molecule has 1 saturated heterocycles. The van der Waals surface area contributed by atoms with Gasteiger partial charge >= 0.3 is 0 Å². The molecule has 4 heteroatoms. The van der Waals surface area contributed by atoms with Crippen molar-refractivity contribution < 1.29 is 4.79 Å². The number of carbonyl (C=O) groups is 1. The van der Waals surface area contributed by atoms with Crippen molar-refractivity contribution in [2.45, 2.75) is 39.3 Å². The lowest BCUT2D eigenvalue weighted by molar-refractivity contribution is -0.123. The van der Waals surface area contributed by atoms with Gasteiger partial charge in [0.25, 0.3) is 0 Å². The summed E-state index contributed by atoms with van der Waals surface area (Å²) in [5.74, 6) is 0.107. The molecule has 0 spiro atoms. The molecule has 116 valence electrons. The van der Waals surface area contributed by atoms with Crippen molar-refractivity contribution in [3.63, 3.8) is 0 Å². The molecule has 4 nitrogen and oxygen atoms in total. The molecule has 0 radical (unpaired) electrons. The van der Waals surface area contributed by atoms with Crippen molar-refractivity contribution >= 4 is 5.91 Å². The number of benzene rings is 1. The number of carbonyl (C=O) groups excluding carboxylic acids is 1. The van der Waals surface area contributed by atoms with Gasteiger partial charge in [0.15, 0.2) is 0 Å². The lowest BCUT2D eigenvalue weighted by Crippen LogP contribution is -2.52. The number of hydrogen-bond donors (Lipinski definition) is 2. The first kappa shape index (κ1) is 16.0. The van der Waals surface area contributed by atoms with Gasteiger partial charge in [0, 0.05) is 25.7 Å². The topological polar surface area (TPSA) is 44.4 Å². The summed E-state index contributed by atoms with van der Waals surface area (Å²) in [5, 5.41) is 6.44. The molecule has 2 N–H and O–H groups in total. The zero-order valence-corrected chi connectivity index (χ0v) is 13.4. The number of hydrogen-bond acceptors (Lipinski definition) is 3. The van der Waals surface area contributed by atoms with E-state index in [1.54, 1.807) is 0 Å². The molecule has 1 heterocycles. The van der Waals surface area contributed by atoms with Crippen LogP contribution in [-0.4, -0.2) is 43.0 Å². The zero-order valence-electron chi connectivity index (χ0n) is 13.4. The Kier molecular flexibility index (Phi) is 5.76. The van der Waals surface area contributed by atoms with E-state index in [4.69, 9.17) is 0 Å². The third-order valence-electron chi connectivity index (χ3n) is 4.25. The van der Waals surface area contributed by atoms with Gasteiger partial charge in [-0.3, -0.25) is 9.69 Å². The largest absolute Gasteiger partial charge is 0.348 e. The van der Waals surface area contributed by atoms with E-state index in [9.17, 15) is 4.79 Å². The average molecular weight is 289 g/mol. The van der Waals surface area contributed by atoms with E-state index in [0.29, 0.717) is 12.6 Å². The Bertz CT molecular complexity index is 458. The maximum atomic E-state index is 12.2. The van der Waals surface area contributed by atoms with Crippen LogP contribution in [0.4, 0.5) is 0 Å². The summed E-state index contributed by atoms with van der Waals surface area (Å²) in [5.41, 5.74) is 2.49. The monoisotopic (exact) mass is 289 g/mol. The van der Waals surface area contributed by atoms with Crippen LogP contribution >= 0.6 is 0 Å². The van der Waals surface area contributed by atoms with E-state index in [1.807, 2.05) is 6.92 Å². The molecule has 0 aromatic heterocycles. The highest BCUT2D eigenvalue weighted by molar-refractivity contribution is 5.78. The lowest BCUT2D eigenvalue weighted by Gasteiger charge is -2.33. The molecule has 21 heavy (non-hydrogen) atoms. The molecule has 1 aliphatic heterocycles. The average Bonchev–Trinajstić information content (AvgIpc) is 2.49. The van der Waals surface area contributed by atoms with Crippen LogP contribution in [0.15, 0.2) is 24.3 Å². The third kappa shape index (κ3) is 4.55. The Labute approximate surface area is 127 Å². The number of nitrogens with one attached hydrogen (secondary N) is 2. The number of amides is 1. The van der Waals surface area contributed by atoms with Crippen LogP contribution in [0.25, 0.3) is 0 Å². The zero-order chi connectivity index (χ0) is 15.2. The molecule has 1 unspecified atom stereocenters. The van der Waals surface area contributed by atoms with Crippen LogP contribution in [0.1, 0.15) is 37.9 Å². The Morgan fingerprint density at radius 1 is 1.43 bits per heavy atom. The van der Waals surface area contributed by atoms with Crippen molar-refractivity contribution in [2.75, 3.05) is 26.2 Å². The molecule has 2 atom stereocenters. The van der Waals surface area contributed by atoms with Crippen LogP contribution in [0.3, 0.4) is 0 Å². The van der Waals surface area contributed by atoms with Gasteiger partial charge in [-0.2, -0.15) is 0 Å². The Balaban J connectivity index is 1.86. The molecule has 0 saturated carbocycles. The second-order valence-electron chi connectivity index (χ2n) is 5.91. The molecule has 0 aliphatic carbocycles. The molecular weight excluding hydrogens is 262 g/mol. The van der Waals surface area contributed by atoms with Crippen LogP contribution in [0.5, 0.6) is 0 Å². The van der Waals surface area contributed by atoms with Gasteiger partial charge in [-0.05, 0) is 31.4 Å². The van der Waals surface area contributed by atoms with Crippen molar-refractivity contribution in [2.24, 2.45) is 0 Å². The quantitative estimate of drug-likeness (QED) is 0.867. The van der Waals surface area contributed by atoms with Gasteiger partial charge in [0.2, 0.25) is 5.91 Å². The normalized spacial score (nSPS) is 21.0. The minimum absolute atomic E-state index is 0.0571. The predicted octanol–water partition coefficient (Wildman–Crippen LogP) is 1.72. The van der Waals surface area contributed by atoms with E-state index in [-0.39, 0.29) is 11.9 Å². The molecule has 1 amide bonds. The summed E-state index contributed by atoms with van der Waals surface area (Å²) < 4.78 is 0. The van der Waals surface area contributed by atoms with E-state index >= 15 is 0 Å². The second-order valence-corrected chi connectivity index (χ2v) is 5.91. The minimum atomic E-state index is 0.0571. The highest BCUT2D eigenvalue weighted by Gasteiger charge is 2.21. The van der Waals surface area contributed by atoms with Gasteiger partial charge in [-0.15, -0.1) is 0 Å². The van der Waals surface area contributed by atoms with Gasteiger partial charge in [0.1, 0.15) is 0 Å². The van der Waals surface area contributed by atoms with E-state index in [1.165, 1.54) is 5.56 Å². The van der Waals surface area contributed by atoms with E-state index < -0.39 is 0 Å². The highest BCUT2D eigenvalue weighted by atomic mass is 16.2. The van der Waals surface area contributed by atoms with Gasteiger partial charge in [-0.25, -0.2) is 0 Å². The van der Waals surface area contributed by atoms with Gasteiger partial charge in [-0.1, -0.05) is 31.2 Å². The summed E-state index contributed by atoms with van der Waals surface area (Å²) in [4.78, 5) is 14.4. The first-order valence-corrected chi connectivity index (χ1v) is 7.93. The summed E-state index contributed by atoms with van der Waals surface area (Å²) in [6.07, 6.45) is 1.04. The maximum Gasteiger partial charge on any atom is 0.234 e. The molecule has 1 fully saturated rings. The molecule has 2 rings (SSSR count). The van der Waals surface area contributed by atoms with E-state index in [0.717, 1.165) is 31.6 Å². The number of piperazine rings is 1. The first-order valence-electron chi connectivity index (χ1n) is 7.93.